The molecule has 17 heavy (non-hydrogen) atoms. The molecule has 3 rings (SSSR count). The van der Waals surface area contributed by atoms with Gasteiger partial charge in [0, 0.05) is 23.1 Å². The maximum atomic E-state index is 6.23. The monoisotopic (exact) mass is 228 g/mol. The van der Waals surface area contributed by atoms with Gasteiger partial charge in [0.25, 0.3) is 0 Å². The van der Waals surface area contributed by atoms with E-state index in [0.29, 0.717) is 6.04 Å². The molecule has 2 nitrogen and oxygen atoms in total. The second kappa shape index (κ2) is 4.19. The maximum absolute atomic E-state index is 6.23. The molecule has 0 spiro atoms. The van der Waals surface area contributed by atoms with E-state index < -0.39 is 0 Å². The predicted molar refractivity (Wildman–Crippen MR) is 72.1 cm³/mol. The highest BCUT2D eigenvalue weighted by Crippen LogP contribution is 2.34. The molecule has 0 bridgehead atoms. The Labute approximate surface area is 102 Å². The van der Waals surface area contributed by atoms with Gasteiger partial charge in [-0.1, -0.05) is 25.0 Å². The van der Waals surface area contributed by atoms with Gasteiger partial charge in [0.2, 0.25) is 0 Å². The number of aromatic nitrogens is 1. The van der Waals surface area contributed by atoms with Crippen molar-refractivity contribution in [3.8, 4) is 0 Å². The zero-order valence-electron chi connectivity index (χ0n) is 10.4. The highest BCUT2D eigenvalue weighted by molar-refractivity contribution is 5.86. The normalized spacial score (nSPS) is 17.5. The molecule has 3 N–H and O–H groups in total. The van der Waals surface area contributed by atoms with Crippen molar-refractivity contribution in [1.82, 2.24) is 4.98 Å². The fourth-order valence-corrected chi connectivity index (χ4v) is 2.76. The SMILES string of the molecule is Cc1cccc2[nH]cc(CC(N)CC3CC3)c12. The van der Waals surface area contributed by atoms with Crippen LogP contribution in [0.4, 0.5) is 0 Å². The number of benzene rings is 1. The molecule has 1 aromatic carbocycles. The minimum Gasteiger partial charge on any atom is -0.361 e. The zero-order chi connectivity index (χ0) is 11.8. The molecule has 0 radical (unpaired) electrons. The van der Waals surface area contributed by atoms with Crippen LogP contribution in [0.1, 0.15) is 30.4 Å². The van der Waals surface area contributed by atoms with Crippen LogP contribution in [0.25, 0.3) is 10.9 Å². The van der Waals surface area contributed by atoms with Crippen LogP contribution in [0.3, 0.4) is 0 Å². The average Bonchev–Trinajstić information content (AvgIpc) is 3.00. The van der Waals surface area contributed by atoms with Crippen LogP contribution in [0, 0.1) is 12.8 Å². The number of aromatic amines is 1. The smallest absolute Gasteiger partial charge is 0.0459 e. The van der Waals surface area contributed by atoms with Crippen molar-refractivity contribution in [3.05, 3.63) is 35.5 Å². The number of hydrogen-bond acceptors (Lipinski definition) is 1. The Balaban J connectivity index is 1.84. The first-order valence-electron chi connectivity index (χ1n) is 6.55. The molecule has 1 atom stereocenters. The predicted octanol–water partition coefficient (Wildman–Crippen LogP) is 3.15. The third kappa shape index (κ3) is 2.22. The maximum Gasteiger partial charge on any atom is 0.0459 e. The summed E-state index contributed by atoms with van der Waals surface area (Å²) in [5.41, 5.74) is 10.2. The van der Waals surface area contributed by atoms with E-state index in [1.165, 1.54) is 41.3 Å². The molecule has 1 aromatic heterocycles. The Hall–Kier alpha value is -1.28. The topological polar surface area (TPSA) is 41.8 Å². The van der Waals surface area contributed by atoms with Crippen molar-refractivity contribution >= 4 is 10.9 Å². The largest absolute Gasteiger partial charge is 0.361 e. The van der Waals surface area contributed by atoms with Crippen molar-refractivity contribution in [2.75, 3.05) is 0 Å². The van der Waals surface area contributed by atoms with Crippen molar-refractivity contribution in [2.24, 2.45) is 11.7 Å². The lowest BCUT2D eigenvalue weighted by Gasteiger charge is -2.10. The summed E-state index contributed by atoms with van der Waals surface area (Å²) in [5.74, 6) is 0.913. The third-order valence-corrected chi connectivity index (χ3v) is 3.81. The highest BCUT2D eigenvalue weighted by Gasteiger charge is 2.24. The van der Waals surface area contributed by atoms with Gasteiger partial charge < -0.3 is 10.7 Å². The van der Waals surface area contributed by atoms with E-state index in [0.717, 1.165) is 12.3 Å². The van der Waals surface area contributed by atoms with Gasteiger partial charge in [-0.25, -0.2) is 0 Å². The summed E-state index contributed by atoms with van der Waals surface area (Å²) >= 11 is 0. The number of rotatable bonds is 4. The van der Waals surface area contributed by atoms with Crippen molar-refractivity contribution in [1.29, 1.82) is 0 Å². The average molecular weight is 228 g/mol. The number of fused-ring (bicyclic) bond motifs is 1. The van der Waals surface area contributed by atoms with E-state index >= 15 is 0 Å². The lowest BCUT2D eigenvalue weighted by atomic mass is 9.99. The molecule has 1 unspecified atom stereocenters. The van der Waals surface area contributed by atoms with Gasteiger partial charge in [-0.15, -0.1) is 0 Å². The fourth-order valence-electron chi connectivity index (χ4n) is 2.76. The van der Waals surface area contributed by atoms with Gasteiger partial charge in [-0.05, 0) is 42.9 Å². The molecular weight excluding hydrogens is 208 g/mol. The highest BCUT2D eigenvalue weighted by atomic mass is 14.7. The van der Waals surface area contributed by atoms with Gasteiger partial charge in [0.05, 0.1) is 0 Å². The van der Waals surface area contributed by atoms with E-state index in [1.54, 1.807) is 0 Å². The summed E-state index contributed by atoms with van der Waals surface area (Å²) in [6.07, 6.45) is 7.10. The Morgan fingerprint density at radius 2 is 2.24 bits per heavy atom. The summed E-state index contributed by atoms with van der Waals surface area (Å²) in [7, 11) is 0. The minimum absolute atomic E-state index is 0.320. The minimum atomic E-state index is 0.320. The zero-order valence-corrected chi connectivity index (χ0v) is 10.4. The second-order valence-corrected chi connectivity index (χ2v) is 5.45. The standard InChI is InChI=1S/C15H20N2/c1-10-3-2-4-14-15(10)12(9-17-14)8-13(16)7-11-5-6-11/h2-4,9,11,13,17H,5-8,16H2,1H3. The second-order valence-electron chi connectivity index (χ2n) is 5.45. The molecule has 1 saturated carbocycles. The quantitative estimate of drug-likeness (QED) is 0.829. The summed E-state index contributed by atoms with van der Waals surface area (Å²) in [6, 6.07) is 6.73. The van der Waals surface area contributed by atoms with E-state index in [2.05, 4.69) is 36.3 Å². The number of nitrogens with one attached hydrogen (secondary N) is 1. The Morgan fingerprint density at radius 1 is 1.41 bits per heavy atom. The lowest BCUT2D eigenvalue weighted by molar-refractivity contribution is 0.568. The first-order valence-corrected chi connectivity index (χ1v) is 6.55. The van der Waals surface area contributed by atoms with Gasteiger partial charge in [0.15, 0.2) is 0 Å². The first kappa shape index (κ1) is 10.8. The lowest BCUT2D eigenvalue weighted by Crippen LogP contribution is -2.23. The molecule has 0 amide bonds. The van der Waals surface area contributed by atoms with Gasteiger partial charge >= 0.3 is 0 Å². The fraction of sp³-hybridized carbons (Fsp3) is 0.467. The first-order chi connectivity index (χ1) is 8.24. The molecule has 1 aliphatic carbocycles. The van der Waals surface area contributed by atoms with E-state index in [9.17, 15) is 0 Å². The molecule has 2 aromatic rings. The Kier molecular flexibility index (Phi) is 2.67. The van der Waals surface area contributed by atoms with Crippen LogP contribution < -0.4 is 5.73 Å². The van der Waals surface area contributed by atoms with Gasteiger partial charge in [0.1, 0.15) is 0 Å². The van der Waals surface area contributed by atoms with E-state index in [-0.39, 0.29) is 0 Å². The molecule has 1 fully saturated rings. The van der Waals surface area contributed by atoms with Crippen LogP contribution in [0.15, 0.2) is 24.4 Å². The summed E-state index contributed by atoms with van der Waals surface area (Å²) in [6.45, 7) is 2.17. The van der Waals surface area contributed by atoms with Crippen LogP contribution in [-0.4, -0.2) is 11.0 Å². The number of aryl methyl sites for hydroxylation is 1. The Bertz CT molecular complexity index is 523. The number of nitrogens with two attached hydrogens (primary N) is 1. The van der Waals surface area contributed by atoms with Crippen molar-refractivity contribution in [3.63, 3.8) is 0 Å². The summed E-state index contributed by atoms with van der Waals surface area (Å²) < 4.78 is 0. The molecule has 2 heteroatoms. The van der Waals surface area contributed by atoms with Crippen LogP contribution in [-0.2, 0) is 6.42 Å². The van der Waals surface area contributed by atoms with Crippen molar-refractivity contribution in [2.45, 2.75) is 38.6 Å². The molecular formula is C15H20N2. The van der Waals surface area contributed by atoms with Gasteiger partial charge in [-0.3, -0.25) is 0 Å². The third-order valence-electron chi connectivity index (χ3n) is 3.81. The number of hydrogen-bond donors (Lipinski definition) is 2. The van der Waals surface area contributed by atoms with E-state index in [1.807, 2.05) is 0 Å². The summed E-state index contributed by atoms with van der Waals surface area (Å²) in [4.78, 5) is 3.35. The molecule has 1 aliphatic rings. The van der Waals surface area contributed by atoms with Crippen LogP contribution >= 0.6 is 0 Å². The summed E-state index contributed by atoms with van der Waals surface area (Å²) in [5, 5.41) is 1.37. The van der Waals surface area contributed by atoms with E-state index in [4.69, 9.17) is 5.73 Å². The molecule has 0 aliphatic heterocycles. The molecule has 1 heterocycles. The van der Waals surface area contributed by atoms with Crippen LogP contribution in [0.2, 0.25) is 0 Å². The number of H-pyrrole nitrogens is 1. The Morgan fingerprint density at radius 3 is 3.00 bits per heavy atom. The van der Waals surface area contributed by atoms with Gasteiger partial charge in [-0.2, -0.15) is 0 Å². The van der Waals surface area contributed by atoms with Crippen molar-refractivity contribution < 1.29 is 0 Å². The van der Waals surface area contributed by atoms with Crippen LogP contribution in [0.5, 0.6) is 0 Å². The molecule has 90 valence electrons. The molecule has 0 saturated heterocycles.